The van der Waals surface area contributed by atoms with Crippen molar-refractivity contribution in [3.05, 3.63) is 70.4 Å². The quantitative estimate of drug-likeness (QED) is 0.470. The summed E-state index contributed by atoms with van der Waals surface area (Å²) in [5.74, 6) is 0.739. The molecule has 10 nitrogen and oxygen atoms in total. The van der Waals surface area contributed by atoms with Crippen LogP contribution in [0.3, 0.4) is 0 Å². The summed E-state index contributed by atoms with van der Waals surface area (Å²) in [4.78, 5) is 16.3. The second-order valence-corrected chi connectivity index (χ2v) is 7.65. The topological polar surface area (TPSA) is 131 Å². The van der Waals surface area contributed by atoms with Crippen LogP contribution in [0.2, 0.25) is 0 Å². The van der Waals surface area contributed by atoms with E-state index in [1.807, 2.05) is 0 Å². The van der Waals surface area contributed by atoms with Gasteiger partial charge in [-0.2, -0.15) is 4.98 Å². The van der Waals surface area contributed by atoms with Crippen LogP contribution in [0.15, 0.2) is 57.9 Å². The number of nitrogens with one attached hydrogen (secondary N) is 1. The third-order valence-corrected chi connectivity index (χ3v) is 5.22. The Kier molecular flexibility index (Phi) is 5.27. The van der Waals surface area contributed by atoms with Gasteiger partial charge in [-0.1, -0.05) is 23.4 Å². The monoisotopic (exact) mass is 403 g/mol. The van der Waals surface area contributed by atoms with E-state index in [0.29, 0.717) is 17.4 Å². The molecule has 0 radical (unpaired) electrons. The summed E-state index contributed by atoms with van der Waals surface area (Å²) in [7, 11) is -2.36. The third-order valence-electron chi connectivity index (χ3n) is 3.84. The number of nitrogens with zero attached hydrogens (tertiary/aromatic N) is 4. The van der Waals surface area contributed by atoms with E-state index in [1.54, 1.807) is 49.2 Å². The van der Waals surface area contributed by atoms with Gasteiger partial charge in [-0.3, -0.25) is 14.8 Å². The van der Waals surface area contributed by atoms with E-state index in [9.17, 15) is 18.5 Å². The number of hydrogen-bond donors (Lipinski definition) is 1. The van der Waals surface area contributed by atoms with Crippen molar-refractivity contribution >= 4 is 27.1 Å². The molecule has 28 heavy (non-hydrogen) atoms. The summed E-state index contributed by atoms with van der Waals surface area (Å²) in [6.45, 7) is 1.80. The predicted molar refractivity (Wildman–Crippen MR) is 101 cm³/mol. The highest BCUT2D eigenvalue weighted by Crippen LogP contribution is 2.31. The van der Waals surface area contributed by atoms with Gasteiger partial charge in [0.25, 0.3) is 15.7 Å². The molecule has 1 heterocycles. The molecule has 0 fully saturated rings. The van der Waals surface area contributed by atoms with Crippen LogP contribution in [-0.4, -0.2) is 30.5 Å². The summed E-state index contributed by atoms with van der Waals surface area (Å²) >= 11 is 0. The maximum Gasteiger partial charge on any atom is 0.293 e. The molecule has 0 aliphatic rings. The van der Waals surface area contributed by atoms with E-state index in [-0.39, 0.29) is 22.8 Å². The van der Waals surface area contributed by atoms with Gasteiger partial charge in [0.2, 0.25) is 5.89 Å². The number of rotatable bonds is 7. The largest absolute Gasteiger partial charge is 0.361 e. The highest BCUT2D eigenvalue weighted by molar-refractivity contribution is 7.92. The molecule has 0 aliphatic heterocycles. The lowest BCUT2D eigenvalue weighted by Crippen LogP contribution is -2.19. The van der Waals surface area contributed by atoms with Crippen molar-refractivity contribution in [2.24, 2.45) is 0 Å². The minimum Gasteiger partial charge on any atom is -0.361 e. The Balaban J connectivity index is 1.91. The first-order valence-electron chi connectivity index (χ1n) is 8.13. The first-order valence-corrected chi connectivity index (χ1v) is 9.61. The van der Waals surface area contributed by atoms with Crippen molar-refractivity contribution < 1.29 is 17.9 Å². The second-order valence-electron chi connectivity index (χ2n) is 5.96. The van der Waals surface area contributed by atoms with Gasteiger partial charge < -0.3 is 9.42 Å². The molecular formula is C17H17N5O5S. The van der Waals surface area contributed by atoms with E-state index in [4.69, 9.17) is 4.52 Å². The van der Waals surface area contributed by atoms with Gasteiger partial charge in [0, 0.05) is 25.7 Å². The number of hydrogen-bond acceptors (Lipinski definition) is 8. The molecule has 0 saturated heterocycles. The zero-order valence-corrected chi connectivity index (χ0v) is 15.9. The number of nitro groups is 1. The first kappa shape index (κ1) is 19.3. The predicted octanol–water partition coefficient (Wildman–Crippen LogP) is 2.72. The Morgan fingerprint density at radius 2 is 1.93 bits per heavy atom. The lowest BCUT2D eigenvalue weighted by Gasteiger charge is -2.18. The maximum absolute atomic E-state index is 12.6. The molecule has 2 aromatic carbocycles. The lowest BCUT2D eigenvalue weighted by atomic mass is 10.2. The van der Waals surface area contributed by atoms with E-state index in [1.165, 1.54) is 12.1 Å². The average Bonchev–Trinajstić information content (AvgIpc) is 3.06. The summed E-state index contributed by atoms with van der Waals surface area (Å²) in [5, 5.41) is 15.3. The Bertz CT molecular complexity index is 1100. The molecule has 11 heteroatoms. The number of aromatic nitrogens is 2. The van der Waals surface area contributed by atoms with Crippen molar-refractivity contribution in [1.82, 2.24) is 10.1 Å². The van der Waals surface area contributed by atoms with E-state index >= 15 is 0 Å². The van der Waals surface area contributed by atoms with Crippen molar-refractivity contribution in [2.75, 3.05) is 16.7 Å². The Labute approximate surface area is 161 Å². The number of aryl methyl sites for hydroxylation is 1. The zero-order chi connectivity index (χ0) is 20.3. The van der Waals surface area contributed by atoms with Gasteiger partial charge in [-0.25, -0.2) is 8.42 Å². The summed E-state index contributed by atoms with van der Waals surface area (Å²) in [6.07, 6.45) is 0. The summed E-state index contributed by atoms with van der Waals surface area (Å²) < 4.78 is 32.4. The standard InChI is InChI=1S/C17H17N5O5S/c1-12-18-17(19-27-12)11-21(2)15-9-8-14(10-16(15)22(23)24)28(25,26)20-13-6-4-3-5-7-13/h3-10,20H,11H2,1-2H3. The molecule has 0 aliphatic carbocycles. The summed E-state index contributed by atoms with van der Waals surface area (Å²) in [5.41, 5.74) is 0.239. The average molecular weight is 403 g/mol. The molecule has 1 aromatic heterocycles. The Morgan fingerprint density at radius 3 is 2.54 bits per heavy atom. The van der Waals surface area contributed by atoms with Crippen LogP contribution >= 0.6 is 0 Å². The minimum absolute atomic E-state index is 0.159. The number of sulfonamides is 1. The molecule has 0 spiro atoms. The molecule has 0 saturated carbocycles. The Morgan fingerprint density at radius 1 is 1.21 bits per heavy atom. The fourth-order valence-electron chi connectivity index (χ4n) is 2.56. The third kappa shape index (κ3) is 4.26. The number of benzene rings is 2. The SMILES string of the molecule is Cc1nc(CN(C)c2ccc(S(=O)(=O)Nc3ccccc3)cc2[N+](=O)[O-])no1. The fourth-order valence-corrected chi connectivity index (χ4v) is 3.64. The van der Waals surface area contributed by atoms with E-state index in [0.717, 1.165) is 6.07 Å². The minimum atomic E-state index is -3.98. The molecule has 0 atom stereocenters. The fraction of sp³-hybridized carbons (Fsp3) is 0.176. The molecule has 146 valence electrons. The summed E-state index contributed by atoms with van der Waals surface area (Å²) in [6, 6.07) is 12.0. The number of nitro benzene ring substituents is 1. The highest BCUT2D eigenvalue weighted by Gasteiger charge is 2.24. The van der Waals surface area contributed by atoms with Gasteiger partial charge in [-0.15, -0.1) is 0 Å². The Hall–Kier alpha value is -3.47. The van der Waals surface area contributed by atoms with Crippen LogP contribution in [0.25, 0.3) is 0 Å². The van der Waals surface area contributed by atoms with Gasteiger partial charge in [0.05, 0.1) is 16.4 Å². The van der Waals surface area contributed by atoms with Crippen LogP contribution in [0.1, 0.15) is 11.7 Å². The molecule has 0 amide bonds. The van der Waals surface area contributed by atoms with Gasteiger partial charge in [0.15, 0.2) is 5.82 Å². The maximum atomic E-state index is 12.6. The molecule has 3 aromatic rings. The smallest absolute Gasteiger partial charge is 0.293 e. The molecule has 0 unspecified atom stereocenters. The van der Waals surface area contributed by atoms with Crippen LogP contribution < -0.4 is 9.62 Å². The van der Waals surface area contributed by atoms with Gasteiger partial charge >= 0.3 is 0 Å². The van der Waals surface area contributed by atoms with E-state index < -0.39 is 14.9 Å². The van der Waals surface area contributed by atoms with Crippen LogP contribution in [0.4, 0.5) is 17.1 Å². The van der Waals surface area contributed by atoms with Crippen molar-refractivity contribution in [2.45, 2.75) is 18.4 Å². The van der Waals surface area contributed by atoms with Crippen LogP contribution in [-0.2, 0) is 16.6 Å². The molecule has 1 N–H and O–H groups in total. The van der Waals surface area contributed by atoms with E-state index in [2.05, 4.69) is 14.9 Å². The van der Waals surface area contributed by atoms with Crippen LogP contribution in [0, 0.1) is 17.0 Å². The van der Waals surface area contributed by atoms with Crippen molar-refractivity contribution in [3.63, 3.8) is 0 Å². The zero-order valence-electron chi connectivity index (χ0n) is 15.1. The second kappa shape index (κ2) is 7.64. The number of para-hydroxylation sites is 1. The normalized spacial score (nSPS) is 11.2. The van der Waals surface area contributed by atoms with Crippen molar-refractivity contribution in [3.8, 4) is 0 Å². The molecule has 3 rings (SSSR count). The molecule has 0 bridgehead atoms. The highest BCUT2D eigenvalue weighted by atomic mass is 32.2. The number of anilines is 2. The first-order chi connectivity index (χ1) is 13.3. The van der Waals surface area contributed by atoms with Crippen molar-refractivity contribution in [1.29, 1.82) is 0 Å². The molecular weight excluding hydrogens is 386 g/mol. The lowest BCUT2D eigenvalue weighted by molar-refractivity contribution is -0.384. The van der Waals surface area contributed by atoms with Gasteiger partial charge in [-0.05, 0) is 24.3 Å². The van der Waals surface area contributed by atoms with Crippen LogP contribution in [0.5, 0.6) is 0 Å². The van der Waals surface area contributed by atoms with Gasteiger partial charge in [0.1, 0.15) is 5.69 Å².